The van der Waals surface area contributed by atoms with Gasteiger partial charge in [0.25, 0.3) is 0 Å². The molecule has 0 fully saturated rings. The van der Waals surface area contributed by atoms with E-state index in [1.807, 2.05) is 24.4 Å². The minimum Gasteiger partial charge on any atom is -0.465 e. The van der Waals surface area contributed by atoms with E-state index in [1.54, 1.807) is 23.5 Å². The molecule has 2 aromatic rings. The minimum atomic E-state index is -0.322. The van der Waals surface area contributed by atoms with Gasteiger partial charge in [0.15, 0.2) is 0 Å². The molecule has 0 amide bonds. The Morgan fingerprint density at radius 3 is 2.67 bits per heavy atom. The van der Waals surface area contributed by atoms with Crippen molar-refractivity contribution in [2.24, 2.45) is 0 Å². The van der Waals surface area contributed by atoms with Gasteiger partial charge in [0.1, 0.15) is 5.01 Å². The molecule has 0 bridgehead atoms. The highest BCUT2D eigenvalue weighted by molar-refractivity contribution is 7.09. The first kappa shape index (κ1) is 12.6. The van der Waals surface area contributed by atoms with Gasteiger partial charge in [-0.25, -0.2) is 9.78 Å². The maximum Gasteiger partial charge on any atom is 0.337 e. The van der Waals surface area contributed by atoms with Gasteiger partial charge in [-0.1, -0.05) is 0 Å². The van der Waals surface area contributed by atoms with Crippen LogP contribution in [0.2, 0.25) is 0 Å². The van der Waals surface area contributed by atoms with E-state index < -0.39 is 0 Å². The van der Waals surface area contributed by atoms with Crippen LogP contribution in [-0.4, -0.2) is 18.1 Å². The van der Waals surface area contributed by atoms with Crippen LogP contribution in [0.3, 0.4) is 0 Å². The summed E-state index contributed by atoms with van der Waals surface area (Å²) in [4.78, 5) is 15.6. The molecule has 0 aliphatic heterocycles. The summed E-state index contributed by atoms with van der Waals surface area (Å²) >= 11 is 1.63. The Bertz CT molecular complexity index is 534. The second-order valence-corrected chi connectivity index (χ2v) is 4.75. The number of benzene rings is 1. The second-order valence-electron chi connectivity index (χ2n) is 3.81. The molecule has 1 aromatic carbocycles. The number of rotatable bonds is 4. The van der Waals surface area contributed by atoms with Crippen molar-refractivity contribution < 1.29 is 9.53 Å². The molecule has 18 heavy (non-hydrogen) atoms. The lowest BCUT2D eigenvalue weighted by atomic mass is 10.2. The van der Waals surface area contributed by atoms with Crippen LogP contribution in [-0.2, 0) is 11.3 Å². The van der Waals surface area contributed by atoms with Crippen LogP contribution in [0.15, 0.2) is 29.6 Å². The average Bonchev–Trinajstić information content (AvgIpc) is 2.82. The molecule has 0 unspecified atom stereocenters. The van der Waals surface area contributed by atoms with E-state index in [-0.39, 0.29) is 5.97 Å². The third-order valence-electron chi connectivity index (χ3n) is 2.42. The maximum atomic E-state index is 11.3. The summed E-state index contributed by atoms with van der Waals surface area (Å²) in [5.74, 6) is -0.322. The monoisotopic (exact) mass is 262 g/mol. The number of thiazole rings is 1. The molecule has 1 N–H and O–H groups in total. The van der Waals surface area contributed by atoms with E-state index in [0.29, 0.717) is 12.1 Å². The standard InChI is InChI=1S/C13H14N2O2S/c1-9-8-18-12(15-9)7-14-11-5-3-10(4-6-11)13(16)17-2/h3-6,8,14H,7H2,1-2H3. The number of aromatic nitrogens is 1. The second kappa shape index (κ2) is 5.64. The minimum absolute atomic E-state index is 0.322. The molecule has 2 rings (SSSR count). The van der Waals surface area contributed by atoms with Crippen molar-refractivity contribution in [3.05, 3.63) is 45.9 Å². The molecule has 0 spiro atoms. The Kier molecular flexibility index (Phi) is 3.94. The number of nitrogens with zero attached hydrogens (tertiary/aromatic N) is 1. The number of aryl methyl sites for hydroxylation is 1. The molecule has 94 valence electrons. The van der Waals surface area contributed by atoms with Crippen molar-refractivity contribution in [3.8, 4) is 0 Å². The van der Waals surface area contributed by atoms with Crippen molar-refractivity contribution in [1.29, 1.82) is 0 Å². The number of hydrogen-bond donors (Lipinski definition) is 1. The number of esters is 1. The largest absolute Gasteiger partial charge is 0.465 e. The molecular weight excluding hydrogens is 248 g/mol. The van der Waals surface area contributed by atoms with E-state index in [2.05, 4.69) is 15.0 Å². The molecule has 0 saturated carbocycles. The Hall–Kier alpha value is -1.88. The summed E-state index contributed by atoms with van der Waals surface area (Å²) in [6, 6.07) is 7.18. The summed E-state index contributed by atoms with van der Waals surface area (Å²) in [5, 5.41) is 6.33. The number of anilines is 1. The Morgan fingerprint density at radius 2 is 2.11 bits per heavy atom. The molecular formula is C13H14N2O2S. The first-order valence-corrected chi connectivity index (χ1v) is 6.40. The van der Waals surface area contributed by atoms with Gasteiger partial charge in [-0.15, -0.1) is 11.3 Å². The summed E-state index contributed by atoms with van der Waals surface area (Å²) in [7, 11) is 1.37. The van der Waals surface area contributed by atoms with Crippen molar-refractivity contribution >= 4 is 23.0 Å². The predicted molar refractivity (Wildman–Crippen MR) is 72.0 cm³/mol. The summed E-state index contributed by atoms with van der Waals surface area (Å²) in [6.07, 6.45) is 0. The molecule has 0 saturated heterocycles. The number of carbonyl (C=O) groups is 1. The first-order valence-electron chi connectivity index (χ1n) is 5.52. The van der Waals surface area contributed by atoms with E-state index >= 15 is 0 Å². The number of carbonyl (C=O) groups excluding carboxylic acids is 1. The fourth-order valence-electron chi connectivity index (χ4n) is 1.50. The van der Waals surface area contributed by atoms with Gasteiger partial charge in [-0.05, 0) is 31.2 Å². The van der Waals surface area contributed by atoms with Crippen LogP contribution >= 0.6 is 11.3 Å². The number of methoxy groups -OCH3 is 1. The van der Waals surface area contributed by atoms with Crippen molar-refractivity contribution in [2.45, 2.75) is 13.5 Å². The molecule has 0 aliphatic rings. The fourth-order valence-corrected chi connectivity index (χ4v) is 2.22. The number of ether oxygens (including phenoxy) is 1. The topological polar surface area (TPSA) is 51.2 Å². The van der Waals surface area contributed by atoms with Gasteiger partial charge < -0.3 is 10.1 Å². The van der Waals surface area contributed by atoms with Crippen LogP contribution in [0.25, 0.3) is 0 Å². The van der Waals surface area contributed by atoms with Crippen LogP contribution < -0.4 is 5.32 Å². The van der Waals surface area contributed by atoms with Crippen molar-refractivity contribution in [2.75, 3.05) is 12.4 Å². The summed E-state index contributed by atoms with van der Waals surface area (Å²) in [5.41, 5.74) is 2.54. The van der Waals surface area contributed by atoms with Gasteiger partial charge in [0.05, 0.1) is 19.2 Å². The molecule has 1 heterocycles. The highest BCUT2D eigenvalue weighted by Gasteiger charge is 2.04. The van der Waals surface area contributed by atoms with Crippen LogP contribution in [0, 0.1) is 6.92 Å². The summed E-state index contributed by atoms with van der Waals surface area (Å²) in [6.45, 7) is 2.67. The Labute approximate surface area is 110 Å². The van der Waals surface area contributed by atoms with Gasteiger partial charge in [0, 0.05) is 16.8 Å². The highest BCUT2D eigenvalue weighted by atomic mass is 32.1. The van der Waals surface area contributed by atoms with Gasteiger partial charge in [0.2, 0.25) is 0 Å². The average molecular weight is 262 g/mol. The fraction of sp³-hybridized carbons (Fsp3) is 0.231. The van der Waals surface area contributed by atoms with E-state index in [1.165, 1.54) is 7.11 Å². The SMILES string of the molecule is COC(=O)c1ccc(NCc2nc(C)cs2)cc1. The number of nitrogens with one attached hydrogen (secondary N) is 1. The molecule has 0 radical (unpaired) electrons. The highest BCUT2D eigenvalue weighted by Crippen LogP contribution is 2.14. The first-order chi connectivity index (χ1) is 8.69. The van der Waals surface area contributed by atoms with E-state index in [9.17, 15) is 4.79 Å². The lowest BCUT2D eigenvalue weighted by molar-refractivity contribution is 0.0601. The van der Waals surface area contributed by atoms with E-state index in [4.69, 9.17) is 0 Å². The normalized spacial score (nSPS) is 10.1. The van der Waals surface area contributed by atoms with Crippen molar-refractivity contribution in [3.63, 3.8) is 0 Å². The van der Waals surface area contributed by atoms with Crippen LogP contribution in [0.5, 0.6) is 0 Å². The zero-order chi connectivity index (χ0) is 13.0. The molecule has 0 atom stereocenters. The van der Waals surface area contributed by atoms with Gasteiger partial charge >= 0.3 is 5.97 Å². The molecule has 4 nitrogen and oxygen atoms in total. The van der Waals surface area contributed by atoms with Crippen molar-refractivity contribution in [1.82, 2.24) is 4.98 Å². The maximum absolute atomic E-state index is 11.3. The predicted octanol–water partition coefficient (Wildman–Crippen LogP) is 2.85. The smallest absolute Gasteiger partial charge is 0.337 e. The zero-order valence-corrected chi connectivity index (χ0v) is 11.1. The molecule has 0 aliphatic carbocycles. The lowest BCUT2D eigenvalue weighted by Crippen LogP contribution is -2.02. The Morgan fingerprint density at radius 1 is 1.39 bits per heavy atom. The Balaban J connectivity index is 1.96. The van der Waals surface area contributed by atoms with E-state index in [0.717, 1.165) is 16.4 Å². The van der Waals surface area contributed by atoms with Gasteiger partial charge in [-0.3, -0.25) is 0 Å². The number of hydrogen-bond acceptors (Lipinski definition) is 5. The quantitative estimate of drug-likeness (QED) is 0.861. The third kappa shape index (κ3) is 3.07. The van der Waals surface area contributed by atoms with Gasteiger partial charge in [-0.2, -0.15) is 0 Å². The zero-order valence-electron chi connectivity index (χ0n) is 10.3. The van der Waals surface area contributed by atoms with Crippen LogP contribution in [0.1, 0.15) is 21.1 Å². The molecule has 1 aromatic heterocycles. The third-order valence-corrected chi connectivity index (χ3v) is 3.38. The summed E-state index contributed by atoms with van der Waals surface area (Å²) < 4.78 is 4.64. The molecule has 5 heteroatoms. The lowest BCUT2D eigenvalue weighted by Gasteiger charge is -2.05. The van der Waals surface area contributed by atoms with Crippen LogP contribution in [0.4, 0.5) is 5.69 Å².